The van der Waals surface area contributed by atoms with Crippen molar-refractivity contribution in [3.63, 3.8) is 0 Å². The van der Waals surface area contributed by atoms with E-state index in [9.17, 15) is 28.2 Å². The Kier molecular flexibility index (Phi) is 9.47. The molecule has 1 aliphatic heterocycles. The van der Waals surface area contributed by atoms with E-state index in [0.717, 1.165) is 32.1 Å². The Labute approximate surface area is 176 Å². The van der Waals surface area contributed by atoms with Crippen molar-refractivity contribution in [2.24, 2.45) is 17.8 Å². The molecule has 8 heteroatoms. The fourth-order valence-corrected chi connectivity index (χ4v) is 4.97. The van der Waals surface area contributed by atoms with Gasteiger partial charge in [-0.15, -0.1) is 0 Å². The smallest absolute Gasteiger partial charge is 0.391 e. The van der Waals surface area contributed by atoms with Crippen LogP contribution in [0.3, 0.4) is 0 Å². The molecule has 1 heterocycles. The van der Waals surface area contributed by atoms with E-state index in [1.54, 1.807) is 0 Å². The number of halogens is 3. The summed E-state index contributed by atoms with van der Waals surface area (Å²) in [6.45, 7) is 1.04. The highest BCUT2D eigenvalue weighted by atomic mass is 19.4. The zero-order chi connectivity index (χ0) is 22.3. The first kappa shape index (κ1) is 25.0. The van der Waals surface area contributed by atoms with E-state index in [1.165, 1.54) is 0 Å². The van der Waals surface area contributed by atoms with Gasteiger partial charge in [-0.2, -0.15) is 13.2 Å². The lowest BCUT2D eigenvalue weighted by Gasteiger charge is -2.22. The fraction of sp³-hybridized carbons (Fsp3) is 0.864. The van der Waals surface area contributed by atoms with Gasteiger partial charge < -0.3 is 20.1 Å². The third-order valence-electron chi connectivity index (χ3n) is 6.69. The maximum Gasteiger partial charge on any atom is 0.391 e. The molecule has 2 aliphatic rings. The Hall–Kier alpha value is -1.28. The van der Waals surface area contributed by atoms with Crippen LogP contribution in [-0.4, -0.2) is 46.1 Å². The number of rotatable bonds is 12. The molecule has 0 spiro atoms. The van der Waals surface area contributed by atoms with Gasteiger partial charge in [0.25, 0.3) is 0 Å². The van der Waals surface area contributed by atoms with E-state index in [0.29, 0.717) is 31.1 Å². The van der Waals surface area contributed by atoms with E-state index >= 15 is 0 Å². The Morgan fingerprint density at radius 2 is 1.83 bits per heavy atom. The first-order chi connectivity index (χ1) is 14.2. The number of Topliss-reactive ketones (excluding diaryl/α,β-unsaturated/α-hetero) is 1. The van der Waals surface area contributed by atoms with Gasteiger partial charge in [0.05, 0.1) is 18.1 Å². The lowest BCUT2D eigenvalue weighted by molar-refractivity contribution is -0.178. The molecule has 3 N–H and O–H groups in total. The molecule has 0 amide bonds. The first-order valence-corrected chi connectivity index (χ1v) is 11.1. The Morgan fingerprint density at radius 1 is 1.13 bits per heavy atom. The maximum absolute atomic E-state index is 13.2. The summed E-state index contributed by atoms with van der Waals surface area (Å²) < 4.78 is 45.6. The van der Waals surface area contributed by atoms with E-state index in [-0.39, 0.29) is 31.5 Å². The first-order valence-electron chi connectivity index (χ1n) is 11.1. The summed E-state index contributed by atoms with van der Waals surface area (Å²) in [5, 5.41) is 28.0. The molecule has 1 saturated carbocycles. The number of ketones is 1. The average Bonchev–Trinajstić information content (AvgIpc) is 3.27. The molecule has 2 rings (SSSR count). The third kappa shape index (κ3) is 6.87. The minimum atomic E-state index is -4.12. The second kappa shape index (κ2) is 11.4. The van der Waals surface area contributed by atoms with Crippen LogP contribution in [0.2, 0.25) is 0 Å². The summed E-state index contributed by atoms with van der Waals surface area (Å²) in [5.74, 6) is -2.69. The third-order valence-corrected chi connectivity index (χ3v) is 6.69. The molecule has 5 nitrogen and oxygen atoms in total. The van der Waals surface area contributed by atoms with Gasteiger partial charge in [0.15, 0.2) is 5.76 Å². The number of unbranched alkanes of at least 4 members (excludes halogenated alkanes) is 1. The molecule has 1 unspecified atom stereocenters. The van der Waals surface area contributed by atoms with Crippen molar-refractivity contribution in [2.45, 2.75) is 95.9 Å². The van der Waals surface area contributed by atoms with Crippen LogP contribution in [0.25, 0.3) is 0 Å². The number of hydrogen-bond donors (Lipinski definition) is 3. The van der Waals surface area contributed by atoms with Crippen molar-refractivity contribution >= 4 is 5.78 Å². The Bertz CT molecular complexity index is 590. The van der Waals surface area contributed by atoms with Crippen LogP contribution in [0.5, 0.6) is 0 Å². The topological polar surface area (TPSA) is 87.0 Å². The SMILES string of the molecule is CCCC[C@@H](CCC[C@H]1CC[C@@H]2OC(CCC(O)=C(O)C(=O)CO)C[C@H]12)C(F)(F)F. The summed E-state index contributed by atoms with van der Waals surface area (Å²) in [4.78, 5) is 11.2. The average molecular weight is 437 g/mol. The van der Waals surface area contributed by atoms with E-state index < -0.39 is 36.0 Å². The van der Waals surface area contributed by atoms with Gasteiger partial charge in [-0.05, 0) is 50.4 Å². The fourth-order valence-electron chi connectivity index (χ4n) is 4.97. The van der Waals surface area contributed by atoms with E-state index in [1.807, 2.05) is 6.92 Å². The molecular formula is C22H35F3O5. The second-order valence-electron chi connectivity index (χ2n) is 8.76. The van der Waals surface area contributed by atoms with Gasteiger partial charge in [-0.1, -0.05) is 32.6 Å². The van der Waals surface area contributed by atoms with E-state index in [4.69, 9.17) is 9.84 Å². The van der Waals surface area contributed by atoms with Gasteiger partial charge in [0.1, 0.15) is 12.4 Å². The predicted octanol–water partition coefficient (Wildman–Crippen LogP) is 5.38. The largest absolute Gasteiger partial charge is 0.508 e. The van der Waals surface area contributed by atoms with Crippen molar-refractivity contribution in [3.8, 4) is 0 Å². The predicted molar refractivity (Wildman–Crippen MR) is 106 cm³/mol. The highest BCUT2D eigenvalue weighted by Crippen LogP contribution is 2.46. The molecule has 5 atom stereocenters. The number of fused-ring (bicyclic) bond motifs is 1. The summed E-state index contributed by atoms with van der Waals surface area (Å²) in [6, 6.07) is 0. The van der Waals surface area contributed by atoms with Crippen molar-refractivity contribution in [3.05, 3.63) is 11.5 Å². The van der Waals surface area contributed by atoms with E-state index in [2.05, 4.69) is 0 Å². The van der Waals surface area contributed by atoms with Gasteiger partial charge in [0.2, 0.25) is 5.78 Å². The minimum Gasteiger partial charge on any atom is -0.508 e. The van der Waals surface area contributed by atoms with Gasteiger partial charge in [-0.25, -0.2) is 0 Å². The van der Waals surface area contributed by atoms with Gasteiger partial charge in [-0.3, -0.25) is 4.79 Å². The summed E-state index contributed by atoms with van der Waals surface area (Å²) in [6.07, 6.45) is 2.23. The molecule has 1 saturated heterocycles. The Morgan fingerprint density at radius 3 is 2.47 bits per heavy atom. The number of aliphatic hydroxyl groups excluding tert-OH is 3. The summed E-state index contributed by atoms with van der Waals surface area (Å²) >= 11 is 0. The van der Waals surface area contributed by atoms with Crippen LogP contribution in [0.4, 0.5) is 13.2 Å². The zero-order valence-corrected chi connectivity index (χ0v) is 17.7. The maximum atomic E-state index is 13.2. The zero-order valence-electron chi connectivity index (χ0n) is 17.7. The van der Waals surface area contributed by atoms with Crippen LogP contribution in [0.1, 0.15) is 77.6 Å². The molecule has 1 aliphatic carbocycles. The number of ether oxygens (including phenoxy) is 1. The quantitative estimate of drug-likeness (QED) is 0.282. The molecule has 0 aromatic heterocycles. The molecule has 174 valence electrons. The van der Waals surface area contributed by atoms with Crippen LogP contribution >= 0.6 is 0 Å². The molecule has 30 heavy (non-hydrogen) atoms. The number of carbonyl (C=O) groups excluding carboxylic acids is 1. The molecule has 2 fully saturated rings. The van der Waals surface area contributed by atoms with Crippen LogP contribution in [0.15, 0.2) is 11.5 Å². The molecule has 0 aromatic rings. The highest BCUT2D eigenvalue weighted by Gasteiger charge is 2.44. The van der Waals surface area contributed by atoms with Crippen molar-refractivity contribution in [1.82, 2.24) is 0 Å². The van der Waals surface area contributed by atoms with Crippen molar-refractivity contribution in [2.75, 3.05) is 6.61 Å². The lowest BCUT2D eigenvalue weighted by Crippen LogP contribution is -2.23. The summed E-state index contributed by atoms with van der Waals surface area (Å²) in [5.41, 5.74) is 0. The minimum absolute atomic E-state index is 0.0804. The standard InChI is InChI=1S/C22H35F3O5/c1-2-3-6-15(22(23,24)25)7-4-5-14-8-11-20-17(14)12-16(30-20)9-10-18(27)21(29)19(28)13-26/h14-17,20,26-27,29H,2-13H2,1H3/t14-,15-,16?,17+,20-/m0/s1. The monoisotopic (exact) mass is 436 g/mol. The number of aliphatic hydroxyl groups is 3. The highest BCUT2D eigenvalue weighted by molar-refractivity contribution is 5.94. The summed E-state index contributed by atoms with van der Waals surface area (Å²) in [7, 11) is 0. The second-order valence-corrected chi connectivity index (χ2v) is 8.76. The molecular weight excluding hydrogens is 401 g/mol. The number of allylic oxidation sites excluding steroid dienone is 1. The van der Waals surface area contributed by atoms with Gasteiger partial charge >= 0.3 is 6.18 Å². The normalized spacial score (nSPS) is 28.3. The van der Waals surface area contributed by atoms with Crippen LogP contribution < -0.4 is 0 Å². The molecule has 0 aromatic carbocycles. The Balaban J connectivity index is 1.78. The number of alkyl halides is 3. The number of carbonyl (C=O) groups is 1. The molecule has 0 radical (unpaired) electrons. The number of hydrogen-bond acceptors (Lipinski definition) is 5. The van der Waals surface area contributed by atoms with Crippen molar-refractivity contribution < 1.29 is 38.0 Å². The van der Waals surface area contributed by atoms with Crippen LogP contribution in [-0.2, 0) is 9.53 Å². The molecule has 0 bridgehead atoms. The van der Waals surface area contributed by atoms with Crippen molar-refractivity contribution in [1.29, 1.82) is 0 Å². The van der Waals surface area contributed by atoms with Gasteiger partial charge in [0, 0.05) is 6.42 Å². The van der Waals surface area contributed by atoms with Crippen LogP contribution in [0, 0.1) is 17.8 Å². The lowest BCUT2D eigenvalue weighted by atomic mass is 9.85.